The Bertz CT molecular complexity index is 353. The predicted molar refractivity (Wildman–Crippen MR) is 91.8 cm³/mol. The van der Waals surface area contributed by atoms with Crippen molar-refractivity contribution >= 4 is 24.2 Å². The van der Waals surface area contributed by atoms with Crippen molar-refractivity contribution in [3.05, 3.63) is 0 Å². The molecule has 22 heavy (non-hydrogen) atoms. The Labute approximate surface area is 140 Å². The molecule has 1 saturated carbocycles. The molecule has 0 aliphatic heterocycles. The van der Waals surface area contributed by atoms with Crippen LogP contribution in [0.3, 0.4) is 0 Å². The summed E-state index contributed by atoms with van der Waals surface area (Å²) in [6, 6.07) is -0.303. The second-order valence-corrected chi connectivity index (χ2v) is 6.91. The molecule has 1 fully saturated rings. The van der Waals surface area contributed by atoms with E-state index in [1.165, 1.54) is 12.8 Å². The van der Waals surface area contributed by atoms with E-state index in [4.69, 9.17) is 5.73 Å². The van der Waals surface area contributed by atoms with Gasteiger partial charge in [-0.05, 0) is 43.4 Å². The number of halogens is 1. The van der Waals surface area contributed by atoms with E-state index in [0.717, 1.165) is 24.7 Å². The zero-order chi connectivity index (χ0) is 16.0. The van der Waals surface area contributed by atoms with Crippen LogP contribution >= 0.6 is 12.4 Å². The normalized spacial score (nSPS) is 22.9. The number of hydrogen-bond acceptors (Lipinski definition) is 3. The first-order valence-electron chi connectivity index (χ1n) is 8.14. The zero-order valence-corrected chi connectivity index (χ0v) is 15.0. The Kier molecular flexibility index (Phi) is 9.69. The summed E-state index contributed by atoms with van der Waals surface area (Å²) in [5.41, 5.74) is 5.73. The molecule has 5 nitrogen and oxygen atoms in total. The van der Waals surface area contributed by atoms with Crippen LogP contribution in [0.2, 0.25) is 0 Å². The standard InChI is InChI=1S/C16H31N3O2.ClH/c1-10(2)12-5-7-13(8-6-12)19-14(20)9-18-16(21)15(17)11(3)4;/h10-13,15H,5-9,17H2,1-4H3,(H,18,21)(H,19,20);1H/t12?,13?,15-;/m0./s1. The predicted octanol–water partition coefficient (Wildman–Crippen LogP) is 1.84. The van der Waals surface area contributed by atoms with Gasteiger partial charge in [-0.2, -0.15) is 0 Å². The largest absolute Gasteiger partial charge is 0.352 e. The van der Waals surface area contributed by atoms with Gasteiger partial charge in [-0.25, -0.2) is 0 Å². The van der Waals surface area contributed by atoms with Crippen molar-refractivity contribution in [1.82, 2.24) is 10.6 Å². The van der Waals surface area contributed by atoms with Crippen LogP contribution in [0.1, 0.15) is 53.4 Å². The van der Waals surface area contributed by atoms with Crippen LogP contribution in [0.15, 0.2) is 0 Å². The maximum absolute atomic E-state index is 11.9. The number of hydrogen-bond donors (Lipinski definition) is 3. The van der Waals surface area contributed by atoms with E-state index in [1.54, 1.807) is 0 Å². The number of amides is 2. The van der Waals surface area contributed by atoms with E-state index in [0.29, 0.717) is 0 Å². The number of rotatable bonds is 6. The van der Waals surface area contributed by atoms with Crippen LogP contribution in [0.4, 0.5) is 0 Å². The topological polar surface area (TPSA) is 84.2 Å². The van der Waals surface area contributed by atoms with Gasteiger partial charge < -0.3 is 16.4 Å². The third kappa shape index (κ3) is 6.97. The van der Waals surface area contributed by atoms with Crippen molar-refractivity contribution < 1.29 is 9.59 Å². The highest BCUT2D eigenvalue weighted by atomic mass is 35.5. The van der Waals surface area contributed by atoms with Crippen LogP contribution in [0.25, 0.3) is 0 Å². The smallest absolute Gasteiger partial charge is 0.239 e. The summed E-state index contributed by atoms with van der Waals surface area (Å²) in [5.74, 6) is 1.19. The molecule has 130 valence electrons. The second-order valence-electron chi connectivity index (χ2n) is 6.91. The third-order valence-electron chi connectivity index (χ3n) is 4.52. The van der Waals surface area contributed by atoms with Crippen molar-refractivity contribution in [2.24, 2.45) is 23.5 Å². The molecule has 2 amide bonds. The third-order valence-corrected chi connectivity index (χ3v) is 4.52. The fourth-order valence-corrected chi connectivity index (χ4v) is 2.80. The lowest BCUT2D eigenvalue weighted by molar-refractivity contribution is -0.127. The zero-order valence-electron chi connectivity index (χ0n) is 14.2. The van der Waals surface area contributed by atoms with Crippen LogP contribution in [-0.4, -0.2) is 30.4 Å². The van der Waals surface area contributed by atoms with Gasteiger partial charge >= 0.3 is 0 Å². The second kappa shape index (κ2) is 10.1. The SMILES string of the molecule is CC(C)C1CCC(NC(=O)CNC(=O)[C@@H](N)C(C)C)CC1.Cl. The van der Waals surface area contributed by atoms with Crippen LogP contribution in [-0.2, 0) is 9.59 Å². The van der Waals surface area contributed by atoms with E-state index in [9.17, 15) is 9.59 Å². The Morgan fingerprint density at radius 3 is 2.09 bits per heavy atom. The lowest BCUT2D eigenvalue weighted by Crippen LogP contribution is -2.48. The molecule has 0 aromatic carbocycles. The highest BCUT2D eigenvalue weighted by Gasteiger charge is 2.24. The molecule has 1 aliphatic carbocycles. The number of carbonyl (C=O) groups is 2. The lowest BCUT2D eigenvalue weighted by Gasteiger charge is -2.31. The first kappa shape index (κ1) is 21.2. The van der Waals surface area contributed by atoms with Gasteiger partial charge in [-0.3, -0.25) is 9.59 Å². The van der Waals surface area contributed by atoms with Crippen LogP contribution in [0, 0.1) is 17.8 Å². The highest BCUT2D eigenvalue weighted by Crippen LogP contribution is 2.29. The molecule has 0 saturated heterocycles. The summed E-state index contributed by atoms with van der Waals surface area (Å²) in [4.78, 5) is 23.5. The average Bonchev–Trinajstić information content (AvgIpc) is 2.44. The van der Waals surface area contributed by atoms with Crippen LogP contribution in [0.5, 0.6) is 0 Å². The molecule has 0 aromatic rings. The monoisotopic (exact) mass is 333 g/mol. The minimum Gasteiger partial charge on any atom is -0.352 e. The van der Waals surface area contributed by atoms with Gasteiger partial charge in [0.05, 0.1) is 12.6 Å². The van der Waals surface area contributed by atoms with Crippen molar-refractivity contribution in [2.45, 2.75) is 65.5 Å². The molecule has 0 bridgehead atoms. The Hall–Kier alpha value is -0.810. The van der Waals surface area contributed by atoms with E-state index >= 15 is 0 Å². The molecule has 0 spiro atoms. The first-order valence-corrected chi connectivity index (χ1v) is 8.14. The van der Waals surface area contributed by atoms with Crippen molar-refractivity contribution in [3.63, 3.8) is 0 Å². The fraction of sp³-hybridized carbons (Fsp3) is 0.875. The minimum absolute atomic E-state index is 0. The Balaban J connectivity index is 0.00000441. The highest BCUT2D eigenvalue weighted by molar-refractivity contribution is 5.87. The van der Waals surface area contributed by atoms with Gasteiger partial charge in [0.15, 0.2) is 0 Å². The lowest BCUT2D eigenvalue weighted by atomic mass is 9.80. The van der Waals surface area contributed by atoms with Gasteiger partial charge in [-0.1, -0.05) is 27.7 Å². The average molecular weight is 334 g/mol. The van der Waals surface area contributed by atoms with E-state index in [1.807, 2.05) is 13.8 Å². The molecular formula is C16H32ClN3O2. The Morgan fingerprint density at radius 2 is 1.64 bits per heavy atom. The molecule has 1 rings (SSSR count). The van der Waals surface area contributed by atoms with Gasteiger partial charge in [0.1, 0.15) is 0 Å². The first-order chi connectivity index (χ1) is 9.81. The van der Waals surface area contributed by atoms with Gasteiger partial charge in [-0.15, -0.1) is 12.4 Å². The molecular weight excluding hydrogens is 302 g/mol. The van der Waals surface area contributed by atoms with Crippen molar-refractivity contribution in [1.29, 1.82) is 0 Å². The van der Waals surface area contributed by atoms with Crippen LogP contribution < -0.4 is 16.4 Å². The number of carbonyl (C=O) groups excluding carboxylic acids is 2. The molecule has 0 aromatic heterocycles. The summed E-state index contributed by atoms with van der Waals surface area (Å²) in [6.07, 6.45) is 4.42. The molecule has 0 heterocycles. The molecule has 0 radical (unpaired) electrons. The number of nitrogens with one attached hydrogen (secondary N) is 2. The summed E-state index contributed by atoms with van der Waals surface area (Å²) in [5, 5.41) is 5.61. The van der Waals surface area contributed by atoms with E-state index in [2.05, 4.69) is 24.5 Å². The Morgan fingerprint density at radius 1 is 1.09 bits per heavy atom. The molecule has 1 aliphatic rings. The molecule has 0 unspecified atom stereocenters. The van der Waals surface area contributed by atoms with E-state index in [-0.39, 0.29) is 42.7 Å². The van der Waals surface area contributed by atoms with Gasteiger partial charge in [0, 0.05) is 6.04 Å². The van der Waals surface area contributed by atoms with Crippen molar-refractivity contribution in [3.8, 4) is 0 Å². The molecule has 4 N–H and O–H groups in total. The molecule has 6 heteroatoms. The van der Waals surface area contributed by atoms with Gasteiger partial charge in [0.2, 0.25) is 11.8 Å². The summed E-state index contributed by atoms with van der Waals surface area (Å²) < 4.78 is 0. The fourth-order valence-electron chi connectivity index (χ4n) is 2.80. The summed E-state index contributed by atoms with van der Waals surface area (Å²) in [6.45, 7) is 8.31. The minimum atomic E-state index is -0.556. The number of nitrogens with two attached hydrogens (primary N) is 1. The summed E-state index contributed by atoms with van der Waals surface area (Å²) in [7, 11) is 0. The maximum Gasteiger partial charge on any atom is 0.239 e. The van der Waals surface area contributed by atoms with Gasteiger partial charge in [0.25, 0.3) is 0 Å². The quantitative estimate of drug-likeness (QED) is 0.693. The van der Waals surface area contributed by atoms with E-state index < -0.39 is 6.04 Å². The summed E-state index contributed by atoms with van der Waals surface area (Å²) >= 11 is 0. The van der Waals surface area contributed by atoms with Crippen molar-refractivity contribution in [2.75, 3.05) is 6.54 Å². The maximum atomic E-state index is 11.9. The molecule has 1 atom stereocenters.